The number of carbonyl (C=O) groups excluding carboxylic acids is 1. The van der Waals surface area contributed by atoms with Gasteiger partial charge in [-0.25, -0.2) is 13.4 Å². The zero-order valence-corrected chi connectivity index (χ0v) is 18.7. The molecule has 1 aromatic rings. The van der Waals surface area contributed by atoms with Crippen LogP contribution in [-0.4, -0.2) is 87.4 Å². The van der Waals surface area contributed by atoms with Gasteiger partial charge < -0.3 is 15.5 Å². The number of hydrogen-bond donors (Lipinski definition) is 2. The molecule has 1 aromatic carbocycles. The van der Waals surface area contributed by atoms with E-state index in [2.05, 4.69) is 44.8 Å². The molecule has 30 heavy (non-hydrogen) atoms. The molecule has 0 spiro atoms. The van der Waals surface area contributed by atoms with E-state index >= 15 is 0 Å². The van der Waals surface area contributed by atoms with Crippen LogP contribution in [0.5, 0.6) is 0 Å². The number of amides is 1. The summed E-state index contributed by atoms with van der Waals surface area (Å²) in [5.74, 6) is 0.763. The Balaban J connectivity index is 1.54. The van der Waals surface area contributed by atoms with Crippen LogP contribution in [0.15, 0.2) is 35.3 Å². The number of carbonyl (C=O) groups is 1. The van der Waals surface area contributed by atoms with E-state index in [1.165, 1.54) is 10.5 Å². The van der Waals surface area contributed by atoms with Gasteiger partial charge in [-0.3, -0.25) is 9.69 Å². The lowest BCUT2D eigenvalue weighted by Gasteiger charge is -2.33. The van der Waals surface area contributed by atoms with Gasteiger partial charge in [-0.1, -0.05) is 30.3 Å². The molecule has 0 aromatic heterocycles. The number of sulfone groups is 1. The van der Waals surface area contributed by atoms with E-state index < -0.39 is 9.84 Å². The van der Waals surface area contributed by atoms with Crippen molar-refractivity contribution in [1.29, 1.82) is 0 Å². The number of piperidine rings is 1. The highest BCUT2D eigenvalue weighted by atomic mass is 32.2. The first-order chi connectivity index (χ1) is 14.3. The molecule has 2 fully saturated rings. The zero-order chi connectivity index (χ0) is 21.6. The molecule has 8 nitrogen and oxygen atoms in total. The Hall–Kier alpha value is -2.13. The quantitative estimate of drug-likeness (QED) is 0.498. The van der Waals surface area contributed by atoms with E-state index in [0.29, 0.717) is 12.4 Å². The summed E-state index contributed by atoms with van der Waals surface area (Å²) in [7, 11) is 0.415. The van der Waals surface area contributed by atoms with Gasteiger partial charge in [0, 0.05) is 45.8 Å². The first kappa shape index (κ1) is 22.6. The topological polar surface area (TPSA) is 94.1 Å². The standard InChI is InChI=1S/C21H33N5O3S/c1-25(2)20(27)14-22-21(24-19-10-13-30(28,29)16-19)23-18-8-11-26(12-9-18)15-17-6-4-3-5-7-17/h3-7,18-19H,8-16H2,1-2H3,(H2,22,23,24). The molecule has 1 atom stereocenters. The van der Waals surface area contributed by atoms with Crippen molar-refractivity contribution in [3.63, 3.8) is 0 Å². The van der Waals surface area contributed by atoms with Gasteiger partial charge in [-0.2, -0.15) is 0 Å². The average molecular weight is 436 g/mol. The second kappa shape index (κ2) is 10.3. The maximum atomic E-state index is 12.0. The van der Waals surface area contributed by atoms with Crippen LogP contribution in [0.1, 0.15) is 24.8 Å². The van der Waals surface area contributed by atoms with Gasteiger partial charge in [0.2, 0.25) is 5.91 Å². The van der Waals surface area contributed by atoms with Gasteiger partial charge >= 0.3 is 0 Å². The predicted molar refractivity (Wildman–Crippen MR) is 119 cm³/mol. The molecule has 0 saturated carbocycles. The van der Waals surface area contributed by atoms with Gasteiger partial charge in [0.15, 0.2) is 15.8 Å². The molecule has 0 aliphatic carbocycles. The van der Waals surface area contributed by atoms with Crippen LogP contribution in [-0.2, 0) is 21.2 Å². The smallest absolute Gasteiger partial charge is 0.243 e. The Labute approximate surface area is 179 Å². The van der Waals surface area contributed by atoms with Gasteiger partial charge in [0.1, 0.15) is 6.54 Å². The monoisotopic (exact) mass is 435 g/mol. The van der Waals surface area contributed by atoms with E-state index in [1.807, 2.05) is 6.07 Å². The predicted octanol–water partition coefficient (Wildman–Crippen LogP) is 0.462. The number of likely N-dealkylation sites (tertiary alicyclic amines) is 1. The van der Waals surface area contributed by atoms with Crippen LogP contribution in [0, 0.1) is 0 Å². The van der Waals surface area contributed by atoms with Crippen molar-refractivity contribution >= 4 is 21.7 Å². The molecule has 166 valence electrons. The van der Waals surface area contributed by atoms with Crippen molar-refractivity contribution in [2.75, 3.05) is 45.2 Å². The molecule has 1 amide bonds. The van der Waals surface area contributed by atoms with Crippen molar-refractivity contribution in [1.82, 2.24) is 20.4 Å². The number of guanidine groups is 1. The van der Waals surface area contributed by atoms with Crippen LogP contribution in [0.2, 0.25) is 0 Å². The lowest BCUT2D eigenvalue weighted by molar-refractivity contribution is -0.127. The first-order valence-electron chi connectivity index (χ1n) is 10.5. The number of nitrogens with one attached hydrogen (secondary N) is 2. The molecule has 0 bridgehead atoms. The van der Waals surface area contributed by atoms with Crippen molar-refractivity contribution < 1.29 is 13.2 Å². The fourth-order valence-corrected chi connectivity index (χ4v) is 5.47. The van der Waals surface area contributed by atoms with E-state index in [9.17, 15) is 13.2 Å². The van der Waals surface area contributed by atoms with E-state index in [-0.39, 0.29) is 36.0 Å². The summed E-state index contributed by atoms with van der Waals surface area (Å²) in [4.78, 5) is 20.3. The van der Waals surface area contributed by atoms with Gasteiger partial charge in [-0.15, -0.1) is 0 Å². The first-order valence-corrected chi connectivity index (χ1v) is 12.4. The van der Waals surface area contributed by atoms with Crippen molar-refractivity contribution in [3.05, 3.63) is 35.9 Å². The highest BCUT2D eigenvalue weighted by Gasteiger charge is 2.29. The largest absolute Gasteiger partial charge is 0.354 e. The Morgan fingerprint density at radius 2 is 1.77 bits per heavy atom. The summed E-state index contributed by atoms with van der Waals surface area (Å²) in [6.45, 7) is 2.95. The van der Waals surface area contributed by atoms with E-state index in [4.69, 9.17) is 0 Å². The van der Waals surface area contributed by atoms with Crippen LogP contribution in [0.25, 0.3) is 0 Å². The van der Waals surface area contributed by atoms with Gasteiger partial charge in [0.05, 0.1) is 11.5 Å². The third-order valence-electron chi connectivity index (χ3n) is 5.62. The molecular formula is C21H33N5O3S. The Morgan fingerprint density at radius 1 is 1.10 bits per heavy atom. The zero-order valence-electron chi connectivity index (χ0n) is 17.9. The van der Waals surface area contributed by atoms with Crippen molar-refractivity contribution in [3.8, 4) is 0 Å². The van der Waals surface area contributed by atoms with Crippen molar-refractivity contribution in [2.45, 2.75) is 37.9 Å². The molecule has 2 saturated heterocycles. The van der Waals surface area contributed by atoms with Crippen LogP contribution >= 0.6 is 0 Å². The normalized spacial score (nSPS) is 22.6. The maximum Gasteiger partial charge on any atom is 0.243 e. The Bertz CT molecular complexity index is 833. The fraction of sp³-hybridized carbons (Fsp3) is 0.619. The molecule has 2 aliphatic rings. The van der Waals surface area contributed by atoms with Crippen LogP contribution < -0.4 is 10.6 Å². The number of hydrogen-bond acceptors (Lipinski definition) is 5. The molecule has 2 heterocycles. The Morgan fingerprint density at radius 3 is 2.37 bits per heavy atom. The number of benzene rings is 1. The van der Waals surface area contributed by atoms with E-state index in [1.54, 1.807) is 14.1 Å². The van der Waals surface area contributed by atoms with E-state index in [0.717, 1.165) is 32.5 Å². The van der Waals surface area contributed by atoms with Gasteiger partial charge in [-0.05, 0) is 24.8 Å². The lowest BCUT2D eigenvalue weighted by Crippen LogP contribution is -2.51. The number of rotatable bonds is 6. The van der Waals surface area contributed by atoms with Crippen molar-refractivity contribution in [2.24, 2.45) is 4.99 Å². The SMILES string of the molecule is CN(C)C(=O)CN=C(NC1CCN(Cc2ccccc2)CC1)NC1CCS(=O)(=O)C1. The summed E-state index contributed by atoms with van der Waals surface area (Å²) in [6.07, 6.45) is 2.51. The maximum absolute atomic E-state index is 12.0. The third kappa shape index (κ3) is 6.98. The second-order valence-corrected chi connectivity index (χ2v) is 10.6. The summed E-state index contributed by atoms with van der Waals surface area (Å²) in [5.41, 5.74) is 1.32. The van der Waals surface area contributed by atoms with Crippen LogP contribution in [0.4, 0.5) is 0 Å². The third-order valence-corrected chi connectivity index (χ3v) is 7.39. The highest BCUT2D eigenvalue weighted by molar-refractivity contribution is 7.91. The summed E-state index contributed by atoms with van der Waals surface area (Å²) in [6, 6.07) is 10.5. The molecular weight excluding hydrogens is 402 g/mol. The summed E-state index contributed by atoms with van der Waals surface area (Å²) >= 11 is 0. The molecule has 3 rings (SSSR count). The average Bonchev–Trinajstić information content (AvgIpc) is 3.06. The fourth-order valence-electron chi connectivity index (χ4n) is 3.79. The molecule has 9 heteroatoms. The minimum absolute atomic E-state index is 0.0364. The number of likely N-dealkylation sites (N-methyl/N-ethyl adjacent to an activating group) is 1. The second-order valence-electron chi connectivity index (χ2n) is 8.38. The molecule has 1 unspecified atom stereocenters. The molecule has 2 aliphatic heterocycles. The lowest BCUT2D eigenvalue weighted by atomic mass is 10.0. The minimum atomic E-state index is -2.98. The number of nitrogens with zero attached hydrogens (tertiary/aromatic N) is 3. The van der Waals surface area contributed by atoms with Crippen LogP contribution in [0.3, 0.4) is 0 Å². The molecule has 2 N–H and O–H groups in total. The molecule has 0 radical (unpaired) electrons. The minimum Gasteiger partial charge on any atom is -0.354 e. The summed E-state index contributed by atoms with van der Waals surface area (Å²) < 4.78 is 23.6. The number of aliphatic imine (C=N–C) groups is 1. The van der Waals surface area contributed by atoms with Gasteiger partial charge in [0.25, 0.3) is 0 Å². The highest BCUT2D eigenvalue weighted by Crippen LogP contribution is 2.15. The summed E-state index contributed by atoms with van der Waals surface area (Å²) in [5, 5.41) is 6.68. The Kier molecular flexibility index (Phi) is 7.71.